The fourth-order valence-corrected chi connectivity index (χ4v) is 5.44. The van der Waals surface area contributed by atoms with Gasteiger partial charge in [0.05, 0.1) is 29.9 Å². The van der Waals surface area contributed by atoms with Gasteiger partial charge in [0.25, 0.3) is 11.8 Å². The lowest BCUT2D eigenvalue weighted by Gasteiger charge is -2.28. The van der Waals surface area contributed by atoms with Crippen LogP contribution in [0.5, 0.6) is 0 Å². The maximum atomic E-state index is 13.3. The van der Waals surface area contributed by atoms with Crippen molar-refractivity contribution in [2.75, 3.05) is 25.5 Å². The van der Waals surface area contributed by atoms with Gasteiger partial charge in [0.2, 0.25) is 5.91 Å². The van der Waals surface area contributed by atoms with Crippen LogP contribution in [-0.4, -0.2) is 57.4 Å². The van der Waals surface area contributed by atoms with Crippen LogP contribution in [-0.2, 0) is 17.8 Å². The monoisotopic (exact) mass is 415 g/mol. The van der Waals surface area contributed by atoms with Crippen molar-refractivity contribution >= 4 is 34.1 Å². The molecule has 0 saturated carbocycles. The summed E-state index contributed by atoms with van der Waals surface area (Å²) in [5, 5.41) is 7.99. The fraction of sp³-hybridized carbons (Fsp3) is 0.500. The molecule has 2 aromatic heterocycles. The van der Waals surface area contributed by atoms with Gasteiger partial charge in [-0.2, -0.15) is 5.10 Å². The van der Waals surface area contributed by atoms with Gasteiger partial charge in [-0.1, -0.05) is 0 Å². The molecule has 29 heavy (non-hydrogen) atoms. The maximum Gasteiger partial charge on any atom is 0.257 e. The highest BCUT2D eigenvalue weighted by Crippen LogP contribution is 2.39. The molecule has 4 rings (SSSR count). The smallest absolute Gasteiger partial charge is 0.257 e. The molecule has 3 amide bonds. The van der Waals surface area contributed by atoms with Crippen molar-refractivity contribution in [3.8, 4) is 0 Å². The second-order valence-electron chi connectivity index (χ2n) is 7.98. The number of anilines is 1. The van der Waals surface area contributed by atoms with E-state index in [9.17, 15) is 14.4 Å². The van der Waals surface area contributed by atoms with Crippen LogP contribution >= 0.6 is 11.3 Å². The zero-order chi connectivity index (χ0) is 21.0. The van der Waals surface area contributed by atoms with Gasteiger partial charge in [0, 0.05) is 30.2 Å². The number of aromatic nitrogens is 2. The Kier molecular flexibility index (Phi) is 4.72. The number of hydrogen-bond donors (Lipinski definition) is 1. The largest absolute Gasteiger partial charge is 0.333 e. The number of aryl methyl sites for hydroxylation is 1. The van der Waals surface area contributed by atoms with E-state index >= 15 is 0 Å². The zero-order valence-corrected chi connectivity index (χ0v) is 18.1. The number of likely N-dealkylation sites (N-methyl/N-ethyl adjacent to an activating group) is 1. The van der Waals surface area contributed by atoms with Crippen molar-refractivity contribution in [1.82, 2.24) is 19.6 Å². The van der Waals surface area contributed by atoms with E-state index in [1.807, 2.05) is 37.3 Å². The van der Waals surface area contributed by atoms with Gasteiger partial charge in [-0.25, -0.2) is 0 Å². The zero-order valence-electron chi connectivity index (χ0n) is 17.3. The molecule has 4 heterocycles. The number of carbonyl (C=O) groups excluding carboxylic acids is 3. The average Bonchev–Trinajstić information content (AvgIpc) is 3.12. The van der Waals surface area contributed by atoms with Gasteiger partial charge in [0.1, 0.15) is 5.00 Å². The van der Waals surface area contributed by atoms with Crippen molar-refractivity contribution in [3.63, 3.8) is 0 Å². The molecule has 0 saturated heterocycles. The normalized spacial score (nSPS) is 16.6. The highest BCUT2D eigenvalue weighted by Gasteiger charge is 2.35. The second kappa shape index (κ2) is 6.98. The molecule has 0 unspecified atom stereocenters. The molecule has 0 aromatic carbocycles. The maximum absolute atomic E-state index is 13.3. The Bertz CT molecular complexity index is 1040. The molecule has 2 aliphatic rings. The van der Waals surface area contributed by atoms with Crippen molar-refractivity contribution in [1.29, 1.82) is 0 Å². The molecule has 0 aliphatic carbocycles. The highest BCUT2D eigenvalue weighted by atomic mass is 32.1. The third-order valence-corrected chi connectivity index (χ3v) is 6.70. The Morgan fingerprint density at radius 2 is 1.93 bits per heavy atom. The minimum absolute atomic E-state index is 0.0337. The lowest BCUT2D eigenvalue weighted by atomic mass is 10.0. The topological polar surface area (TPSA) is 87.5 Å². The number of nitrogens with one attached hydrogen (secondary N) is 1. The molecule has 2 aliphatic heterocycles. The Labute approximate surface area is 173 Å². The van der Waals surface area contributed by atoms with Crippen LogP contribution in [0.2, 0.25) is 0 Å². The van der Waals surface area contributed by atoms with Crippen molar-refractivity contribution in [2.45, 2.75) is 46.7 Å². The standard InChI is InChI=1S/C20H25N5O3S/c1-10(2)25-12(4)16(11(3)22-25)20(28)24-7-6-13-14(8-24)29-18-17(13)19(27)23(5)9-15(26)21-18/h10H,6-9H2,1-5H3,(H,21,26). The Morgan fingerprint density at radius 1 is 1.21 bits per heavy atom. The lowest BCUT2D eigenvalue weighted by Crippen LogP contribution is -2.37. The third kappa shape index (κ3) is 3.13. The summed E-state index contributed by atoms with van der Waals surface area (Å²) in [7, 11) is 1.64. The molecule has 2 aromatic rings. The van der Waals surface area contributed by atoms with E-state index in [1.165, 1.54) is 16.2 Å². The summed E-state index contributed by atoms with van der Waals surface area (Å²) in [4.78, 5) is 42.3. The van der Waals surface area contributed by atoms with E-state index in [4.69, 9.17) is 0 Å². The predicted octanol–water partition coefficient (Wildman–Crippen LogP) is 2.36. The number of thiophene rings is 1. The number of amides is 3. The van der Waals surface area contributed by atoms with E-state index in [2.05, 4.69) is 10.4 Å². The summed E-state index contributed by atoms with van der Waals surface area (Å²) in [5.41, 5.74) is 3.81. The summed E-state index contributed by atoms with van der Waals surface area (Å²) in [6.45, 7) is 8.91. The first-order valence-corrected chi connectivity index (χ1v) is 10.6. The van der Waals surface area contributed by atoms with E-state index < -0.39 is 0 Å². The van der Waals surface area contributed by atoms with Crippen LogP contribution in [0.4, 0.5) is 5.00 Å². The van der Waals surface area contributed by atoms with Crippen LogP contribution in [0, 0.1) is 13.8 Å². The molecule has 1 N–H and O–H groups in total. The van der Waals surface area contributed by atoms with E-state index in [0.29, 0.717) is 35.6 Å². The van der Waals surface area contributed by atoms with Crippen molar-refractivity contribution in [2.24, 2.45) is 0 Å². The van der Waals surface area contributed by atoms with Gasteiger partial charge in [0.15, 0.2) is 0 Å². The molecule has 154 valence electrons. The van der Waals surface area contributed by atoms with Crippen LogP contribution < -0.4 is 5.32 Å². The minimum Gasteiger partial charge on any atom is -0.333 e. The fourth-order valence-electron chi connectivity index (χ4n) is 4.17. The summed E-state index contributed by atoms with van der Waals surface area (Å²) >= 11 is 1.40. The first-order valence-electron chi connectivity index (χ1n) is 9.73. The molecule has 9 heteroatoms. The van der Waals surface area contributed by atoms with Gasteiger partial charge in [-0.3, -0.25) is 19.1 Å². The first kappa shape index (κ1) is 19.6. The summed E-state index contributed by atoms with van der Waals surface area (Å²) in [6, 6.07) is 0.183. The van der Waals surface area contributed by atoms with E-state index in [0.717, 1.165) is 21.8 Å². The average molecular weight is 416 g/mol. The Hall–Kier alpha value is -2.68. The quantitative estimate of drug-likeness (QED) is 0.816. The van der Waals surface area contributed by atoms with Crippen molar-refractivity contribution in [3.05, 3.63) is 33.0 Å². The molecule has 0 spiro atoms. The molecular formula is C20H25N5O3S. The SMILES string of the molecule is Cc1nn(C(C)C)c(C)c1C(=O)N1CCc2c(sc3c2C(=O)N(C)CC(=O)N3)C1. The minimum atomic E-state index is -0.196. The van der Waals surface area contributed by atoms with Gasteiger partial charge in [-0.05, 0) is 39.7 Å². The molecule has 0 radical (unpaired) electrons. The van der Waals surface area contributed by atoms with E-state index in [-0.39, 0.29) is 30.3 Å². The number of fused-ring (bicyclic) bond motifs is 3. The molecule has 0 atom stereocenters. The summed E-state index contributed by atoms with van der Waals surface area (Å²) in [5.74, 6) is -0.368. The molecule has 8 nitrogen and oxygen atoms in total. The highest BCUT2D eigenvalue weighted by molar-refractivity contribution is 7.17. The first-order chi connectivity index (χ1) is 13.7. The predicted molar refractivity (Wildman–Crippen MR) is 110 cm³/mol. The molecule has 0 bridgehead atoms. The Balaban J connectivity index is 1.66. The van der Waals surface area contributed by atoms with E-state index in [1.54, 1.807) is 7.05 Å². The van der Waals surface area contributed by atoms with Crippen molar-refractivity contribution < 1.29 is 14.4 Å². The number of hydrogen-bond acceptors (Lipinski definition) is 5. The third-order valence-electron chi connectivity index (χ3n) is 5.57. The van der Waals surface area contributed by atoms with Crippen LogP contribution in [0.15, 0.2) is 0 Å². The summed E-state index contributed by atoms with van der Waals surface area (Å²) < 4.78 is 1.88. The van der Waals surface area contributed by atoms with Crippen LogP contribution in [0.3, 0.4) is 0 Å². The van der Waals surface area contributed by atoms with Gasteiger partial charge < -0.3 is 15.1 Å². The van der Waals surface area contributed by atoms with Gasteiger partial charge in [-0.15, -0.1) is 11.3 Å². The molecule has 0 fully saturated rings. The Morgan fingerprint density at radius 3 is 2.59 bits per heavy atom. The van der Waals surface area contributed by atoms with Gasteiger partial charge >= 0.3 is 0 Å². The lowest BCUT2D eigenvalue weighted by molar-refractivity contribution is -0.116. The number of rotatable bonds is 2. The number of carbonyl (C=O) groups is 3. The van der Waals surface area contributed by atoms with Crippen LogP contribution in [0.1, 0.15) is 62.4 Å². The number of nitrogens with zero attached hydrogens (tertiary/aromatic N) is 4. The molecular weight excluding hydrogens is 390 g/mol. The second-order valence-corrected chi connectivity index (χ2v) is 9.08. The van der Waals surface area contributed by atoms with Crippen LogP contribution in [0.25, 0.3) is 0 Å². The summed E-state index contributed by atoms with van der Waals surface area (Å²) in [6.07, 6.45) is 0.596.